The van der Waals surface area contributed by atoms with E-state index in [9.17, 15) is 0 Å². The molecule has 3 rings (SSSR count). The van der Waals surface area contributed by atoms with Crippen LogP contribution in [0, 0.1) is 29.1 Å². The molecular formula is C25H43N. The van der Waals surface area contributed by atoms with Crippen molar-refractivity contribution in [3.05, 3.63) is 23.4 Å². The van der Waals surface area contributed by atoms with E-state index in [2.05, 4.69) is 58.7 Å². The Bertz CT molecular complexity index is 534. The molecule has 2 aliphatic carbocycles. The minimum Gasteiger partial charge on any atom is -0.374 e. The van der Waals surface area contributed by atoms with Crippen LogP contribution < -0.4 is 0 Å². The molecule has 26 heavy (non-hydrogen) atoms. The lowest BCUT2D eigenvalue weighted by Crippen LogP contribution is -2.45. The van der Waals surface area contributed by atoms with Gasteiger partial charge in [0.1, 0.15) is 0 Å². The third-order valence-corrected chi connectivity index (χ3v) is 7.66. The Labute approximate surface area is 163 Å². The van der Waals surface area contributed by atoms with E-state index in [1.165, 1.54) is 63.5 Å². The van der Waals surface area contributed by atoms with E-state index in [0.29, 0.717) is 5.41 Å². The number of hydrogen-bond donors (Lipinski definition) is 0. The van der Waals surface area contributed by atoms with Gasteiger partial charge in [0.15, 0.2) is 0 Å². The van der Waals surface area contributed by atoms with Crippen LogP contribution in [0.3, 0.4) is 0 Å². The van der Waals surface area contributed by atoms with Crippen molar-refractivity contribution in [3.63, 3.8) is 0 Å². The molecule has 0 saturated heterocycles. The number of nitrogens with zero attached hydrogens (tertiary/aromatic N) is 1. The van der Waals surface area contributed by atoms with Crippen LogP contribution in [0.1, 0.15) is 92.9 Å². The molecule has 148 valence electrons. The fourth-order valence-electron chi connectivity index (χ4n) is 6.14. The average Bonchev–Trinajstić information content (AvgIpc) is 2.82. The van der Waals surface area contributed by atoms with E-state index in [4.69, 9.17) is 0 Å². The molecule has 0 bridgehead atoms. The molecule has 0 radical (unpaired) electrons. The smallest absolute Gasteiger partial charge is 0.0289 e. The number of rotatable bonds is 6. The Hall–Kier alpha value is -0.720. The molecule has 0 aromatic carbocycles. The summed E-state index contributed by atoms with van der Waals surface area (Å²) in [6, 6.07) is 0.836. The summed E-state index contributed by atoms with van der Waals surface area (Å²) < 4.78 is 0. The molecule has 0 amide bonds. The molecule has 4 unspecified atom stereocenters. The van der Waals surface area contributed by atoms with Gasteiger partial charge in [-0.15, -0.1) is 0 Å². The van der Waals surface area contributed by atoms with Crippen molar-refractivity contribution in [1.82, 2.24) is 4.90 Å². The average molecular weight is 358 g/mol. The van der Waals surface area contributed by atoms with Crippen molar-refractivity contribution in [2.45, 2.75) is 99.0 Å². The van der Waals surface area contributed by atoms with Gasteiger partial charge in [-0.1, -0.05) is 58.6 Å². The fraction of sp³-hybridized carbons (Fsp3) is 0.840. The second-order valence-corrected chi connectivity index (χ2v) is 10.5. The van der Waals surface area contributed by atoms with Crippen LogP contribution in [0.5, 0.6) is 0 Å². The van der Waals surface area contributed by atoms with E-state index in [-0.39, 0.29) is 0 Å². The van der Waals surface area contributed by atoms with Crippen LogP contribution in [0.25, 0.3) is 0 Å². The molecule has 1 aliphatic heterocycles. The summed E-state index contributed by atoms with van der Waals surface area (Å²) in [7, 11) is 0. The van der Waals surface area contributed by atoms with Gasteiger partial charge in [0.25, 0.3) is 0 Å². The summed E-state index contributed by atoms with van der Waals surface area (Å²) in [6.45, 7) is 15.6. The fourth-order valence-corrected chi connectivity index (χ4v) is 6.14. The minimum atomic E-state index is 0.428. The molecule has 2 saturated carbocycles. The van der Waals surface area contributed by atoms with Gasteiger partial charge in [0, 0.05) is 12.6 Å². The highest BCUT2D eigenvalue weighted by Gasteiger charge is 2.44. The Morgan fingerprint density at radius 1 is 1.23 bits per heavy atom. The molecule has 0 N–H and O–H groups in total. The second-order valence-electron chi connectivity index (χ2n) is 10.5. The molecular weight excluding hydrogens is 314 g/mol. The Balaban J connectivity index is 1.77. The molecule has 0 spiro atoms. The zero-order valence-corrected chi connectivity index (χ0v) is 18.4. The highest BCUT2D eigenvalue weighted by Crippen LogP contribution is 2.54. The lowest BCUT2D eigenvalue weighted by molar-refractivity contribution is 0.0927. The van der Waals surface area contributed by atoms with E-state index in [1.807, 2.05) is 0 Å². The summed E-state index contributed by atoms with van der Waals surface area (Å²) >= 11 is 0. The summed E-state index contributed by atoms with van der Waals surface area (Å²) in [6.07, 6.45) is 16.3. The van der Waals surface area contributed by atoms with Gasteiger partial charge in [-0.3, -0.25) is 0 Å². The SMILES string of the molecule is CCCC1CC(C)(C2=CN(C3CC(CC)C3)CC(C)C2)CC1C=C(C)C. The van der Waals surface area contributed by atoms with E-state index in [0.717, 1.165) is 29.7 Å². The quantitative estimate of drug-likeness (QED) is 0.454. The monoisotopic (exact) mass is 357 g/mol. The lowest BCUT2D eigenvalue weighted by Gasteiger charge is -2.47. The third-order valence-electron chi connectivity index (χ3n) is 7.66. The maximum Gasteiger partial charge on any atom is 0.0289 e. The predicted molar refractivity (Wildman–Crippen MR) is 114 cm³/mol. The van der Waals surface area contributed by atoms with Gasteiger partial charge < -0.3 is 4.90 Å². The van der Waals surface area contributed by atoms with E-state index < -0.39 is 0 Å². The molecule has 3 aliphatic rings. The topological polar surface area (TPSA) is 3.24 Å². The van der Waals surface area contributed by atoms with Crippen LogP contribution in [0.15, 0.2) is 23.4 Å². The van der Waals surface area contributed by atoms with Gasteiger partial charge in [0.05, 0.1) is 0 Å². The van der Waals surface area contributed by atoms with Crippen molar-refractivity contribution < 1.29 is 0 Å². The minimum absolute atomic E-state index is 0.428. The first-order valence-corrected chi connectivity index (χ1v) is 11.5. The third kappa shape index (κ3) is 4.23. The first kappa shape index (κ1) is 20.0. The van der Waals surface area contributed by atoms with Crippen LogP contribution in [0.2, 0.25) is 0 Å². The first-order valence-electron chi connectivity index (χ1n) is 11.5. The zero-order valence-electron chi connectivity index (χ0n) is 18.4. The van der Waals surface area contributed by atoms with Crippen LogP contribution in [-0.4, -0.2) is 17.5 Å². The normalized spacial score (nSPS) is 40.2. The summed E-state index contributed by atoms with van der Waals surface area (Å²) in [5.74, 6) is 3.50. The van der Waals surface area contributed by atoms with E-state index >= 15 is 0 Å². The van der Waals surface area contributed by atoms with Gasteiger partial charge >= 0.3 is 0 Å². The first-order chi connectivity index (χ1) is 12.3. The van der Waals surface area contributed by atoms with Gasteiger partial charge in [0.2, 0.25) is 0 Å². The van der Waals surface area contributed by atoms with Crippen molar-refractivity contribution in [3.8, 4) is 0 Å². The Morgan fingerprint density at radius 2 is 1.96 bits per heavy atom. The van der Waals surface area contributed by atoms with Crippen molar-refractivity contribution in [2.24, 2.45) is 29.1 Å². The maximum atomic E-state index is 2.75. The van der Waals surface area contributed by atoms with Crippen LogP contribution >= 0.6 is 0 Å². The molecule has 0 aromatic heterocycles. The van der Waals surface area contributed by atoms with Gasteiger partial charge in [-0.25, -0.2) is 0 Å². The number of hydrogen-bond acceptors (Lipinski definition) is 1. The number of allylic oxidation sites excluding steroid dienone is 3. The molecule has 1 nitrogen and oxygen atoms in total. The van der Waals surface area contributed by atoms with Crippen LogP contribution in [-0.2, 0) is 0 Å². The second kappa shape index (κ2) is 8.11. The molecule has 4 atom stereocenters. The highest BCUT2D eigenvalue weighted by atomic mass is 15.2. The van der Waals surface area contributed by atoms with E-state index in [1.54, 1.807) is 5.57 Å². The molecule has 2 fully saturated rings. The standard InChI is InChI=1S/C25H43N/c1-7-9-21-14-25(6,15-22(21)10-18(3)4)23-11-19(5)16-26(17-23)24-12-20(8-2)13-24/h10,17,19-22,24H,7-9,11-16H2,1-6H3. The maximum absolute atomic E-state index is 2.75. The molecule has 1 heteroatoms. The summed E-state index contributed by atoms with van der Waals surface area (Å²) in [4.78, 5) is 2.75. The molecule has 0 aromatic rings. The van der Waals surface area contributed by atoms with Crippen molar-refractivity contribution in [1.29, 1.82) is 0 Å². The predicted octanol–water partition coefficient (Wildman–Crippen LogP) is 7.20. The van der Waals surface area contributed by atoms with Crippen molar-refractivity contribution in [2.75, 3.05) is 6.54 Å². The zero-order chi connectivity index (χ0) is 18.9. The van der Waals surface area contributed by atoms with Crippen LogP contribution in [0.4, 0.5) is 0 Å². The van der Waals surface area contributed by atoms with Crippen molar-refractivity contribution >= 4 is 0 Å². The molecule has 1 heterocycles. The Morgan fingerprint density at radius 3 is 2.58 bits per heavy atom. The van der Waals surface area contributed by atoms with Gasteiger partial charge in [-0.2, -0.15) is 0 Å². The summed E-state index contributed by atoms with van der Waals surface area (Å²) in [5, 5.41) is 0. The highest BCUT2D eigenvalue weighted by molar-refractivity contribution is 5.22. The van der Waals surface area contributed by atoms with Gasteiger partial charge in [-0.05, 0) is 86.8 Å². The largest absolute Gasteiger partial charge is 0.374 e. The summed E-state index contributed by atoms with van der Waals surface area (Å²) in [5.41, 5.74) is 3.71. The lowest BCUT2D eigenvalue weighted by atomic mass is 9.73. The Kier molecular flexibility index (Phi) is 6.25.